The van der Waals surface area contributed by atoms with E-state index in [2.05, 4.69) is 17.2 Å². The third-order valence-corrected chi connectivity index (χ3v) is 3.64. The molecule has 0 saturated heterocycles. The second-order valence-electron chi connectivity index (χ2n) is 5.32. The molecule has 1 aliphatic heterocycles. The van der Waals surface area contributed by atoms with E-state index in [0.29, 0.717) is 25.8 Å². The molecular formula is C16H21N3O2. The Morgan fingerprint density at radius 1 is 1.38 bits per heavy atom. The monoisotopic (exact) mass is 287 g/mol. The lowest BCUT2D eigenvalue weighted by Crippen LogP contribution is -2.19. The zero-order chi connectivity index (χ0) is 14.7. The van der Waals surface area contributed by atoms with Crippen LogP contribution in [0.1, 0.15) is 19.8 Å². The Morgan fingerprint density at radius 2 is 2.24 bits per heavy atom. The number of hydrogen-bond donors (Lipinski definition) is 2. The van der Waals surface area contributed by atoms with Gasteiger partial charge in [0.25, 0.3) is 0 Å². The third-order valence-electron chi connectivity index (χ3n) is 3.64. The van der Waals surface area contributed by atoms with Crippen LogP contribution in [-0.4, -0.2) is 30.8 Å². The zero-order valence-corrected chi connectivity index (χ0v) is 12.3. The van der Waals surface area contributed by atoms with Crippen LogP contribution in [-0.2, 0) is 0 Å². The van der Waals surface area contributed by atoms with Crippen LogP contribution in [0.5, 0.6) is 11.5 Å². The van der Waals surface area contributed by atoms with Crippen molar-refractivity contribution in [3.63, 3.8) is 0 Å². The minimum Gasteiger partial charge on any atom is -0.486 e. The van der Waals surface area contributed by atoms with E-state index in [1.54, 1.807) is 6.20 Å². The van der Waals surface area contributed by atoms with E-state index in [1.807, 2.05) is 18.2 Å². The molecule has 0 spiro atoms. The van der Waals surface area contributed by atoms with Crippen molar-refractivity contribution in [2.24, 2.45) is 5.73 Å². The smallest absolute Gasteiger partial charge is 0.170 e. The maximum Gasteiger partial charge on any atom is 0.170 e. The minimum atomic E-state index is 0.335. The standard InChI is InChI=1S/C16H21N3O2/c1-11(4-2-6-17)19-13-10-14-16(21-9-8-20-14)12-5-3-7-18-15(12)13/h3,5,7,10-11,19H,2,4,6,8-9,17H2,1H3/t11-/m0/s1. The van der Waals surface area contributed by atoms with Gasteiger partial charge in [-0.15, -0.1) is 0 Å². The zero-order valence-electron chi connectivity index (χ0n) is 12.3. The van der Waals surface area contributed by atoms with E-state index in [9.17, 15) is 0 Å². The average molecular weight is 287 g/mol. The SMILES string of the molecule is C[C@@H](CCCN)Nc1cc2c(c3cccnc13)OCCO2. The number of anilines is 1. The summed E-state index contributed by atoms with van der Waals surface area (Å²) in [6.07, 6.45) is 3.83. The van der Waals surface area contributed by atoms with Gasteiger partial charge in [-0.05, 0) is 38.4 Å². The Bertz CT molecular complexity index is 630. The number of fused-ring (bicyclic) bond motifs is 3. The summed E-state index contributed by atoms with van der Waals surface area (Å²) in [7, 11) is 0. The summed E-state index contributed by atoms with van der Waals surface area (Å²) in [5.74, 6) is 1.58. The van der Waals surface area contributed by atoms with Crippen LogP contribution in [0.2, 0.25) is 0 Å². The number of nitrogens with zero attached hydrogens (tertiary/aromatic N) is 1. The lowest BCUT2D eigenvalue weighted by atomic mass is 10.1. The van der Waals surface area contributed by atoms with Crippen molar-refractivity contribution in [2.75, 3.05) is 25.1 Å². The van der Waals surface area contributed by atoms with Gasteiger partial charge in [0, 0.05) is 23.7 Å². The van der Waals surface area contributed by atoms with E-state index in [-0.39, 0.29) is 0 Å². The maximum absolute atomic E-state index is 5.75. The molecule has 0 amide bonds. The van der Waals surface area contributed by atoms with Crippen molar-refractivity contribution >= 4 is 16.6 Å². The molecule has 1 aliphatic rings. The molecule has 5 heteroatoms. The predicted molar refractivity (Wildman–Crippen MR) is 84.1 cm³/mol. The summed E-state index contributed by atoms with van der Waals surface area (Å²) in [5.41, 5.74) is 7.48. The topological polar surface area (TPSA) is 69.4 Å². The highest BCUT2D eigenvalue weighted by atomic mass is 16.6. The Morgan fingerprint density at radius 3 is 3.10 bits per heavy atom. The fourth-order valence-corrected chi connectivity index (χ4v) is 2.62. The van der Waals surface area contributed by atoms with Gasteiger partial charge in [0.05, 0.1) is 11.2 Å². The molecule has 0 unspecified atom stereocenters. The van der Waals surface area contributed by atoms with Crippen LogP contribution in [0.4, 0.5) is 5.69 Å². The first-order valence-corrected chi connectivity index (χ1v) is 7.43. The highest BCUT2D eigenvalue weighted by Gasteiger charge is 2.19. The molecule has 3 rings (SSSR count). The van der Waals surface area contributed by atoms with Crippen LogP contribution in [0.25, 0.3) is 10.9 Å². The molecule has 0 radical (unpaired) electrons. The molecular weight excluding hydrogens is 266 g/mol. The van der Waals surface area contributed by atoms with Crippen molar-refractivity contribution < 1.29 is 9.47 Å². The minimum absolute atomic E-state index is 0.335. The summed E-state index contributed by atoms with van der Waals surface area (Å²) >= 11 is 0. The maximum atomic E-state index is 5.75. The number of ether oxygens (including phenoxy) is 2. The Balaban J connectivity index is 1.98. The highest BCUT2D eigenvalue weighted by Crippen LogP contribution is 2.41. The second-order valence-corrected chi connectivity index (χ2v) is 5.32. The number of aromatic nitrogens is 1. The fourth-order valence-electron chi connectivity index (χ4n) is 2.62. The van der Waals surface area contributed by atoms with Crippen LogP contribution >= 0.6 is 0 Å². The van der Waals surface area contributed by atoms with Gasteiger partial charge in [0.15, 0.2) is 11.5 Å². The van der Waals surface area contributed by atoms with Crippen molar-refractivity contribution in [1.29, 1.82) is 0 Å². The molecule has 2 aromatic rings. The van der Waals surface area contributed by atoms with Crippen LogP contribution in [0, 0.1) is 0 Å². The molecule has 1 aromatic heterocycles. The normalized spacial score (nSPS) is 15.0. The van der Waals surface area contributed by atoms with Gasteiger partial charge in [-0.25, -0.2) is 0 Å². The summed E-state index contributed by atoms with van der Waals surface area (Å²) < 4.78 is 11.5. The van der Waals surface area contributed by atoms with Gasteiger partial charge in [-0.1, -0.05) is 0 Å². The molecule has 5 nitrogen and oxygen atoms in total. The Hall–Kier alpha value is -2.01. The molecule has 0 saturated carbocycles. The van der Waals surface area contributed by atoms with Gasteiger partial charge < -0.3 is 20.5 Å². The highest BCUT2D eigenvalue weighted by molar-refractivity contribution is 5.97. The molecule has 0 fully saturated rings. The number of nitrogens with one attached hydrogen (secondary N) is 1. The second kappa shape index (κ2) is 6.18. The average Bonchev–Trinajstić information content (AvgIpc) is 2.53. The van der Waals surface area contributed by atoms with E-state index in [0.717, 1.165) is 40.9 Å². The van der Waals surface area contributed by atoms with Gasteiger partial charge in [0.2, 0.25) is 0 Å². The number of rotatable bonds is 5. The largest absolute Gasteiger partial charge is 0.486 e. The summed E-state index contributed by atoms with van der Waals surface area (Å²) in [4.78, 5) is 4.50. The number of nitrogens with two attached hydrogens (primary N) is 1. The number of pyridine rings is 1. The van der Waals surface area contributed by atoms with Crippen LogP contribution < -0.4 is 20.5 Å². The van der Waals surface area contributed by atoms with E-state index >= 15 is 0 Å². The lowest BCUT2D eigenvalue weighted by molar-refractivity contribution is 0.174. The molecule has 0 bridgehead atoms. The van der Waals surface area contributed by atoms with Crippen LogP contribution in [0.15, 0.2) is 24.4 Å². The summed E-state index contributed by atoms with van der Waals surface area (Å²) in [5, 5.41) is 4.51. The Kier molecular flexibility index (Phi) is 4.10. The summed E-state index contributed by atoms with van der Waals surface area (Å²) in [6.45, 7) is 4.03. The van der Waals surface area contributed by atoms with Crippen molar-refractivity contribution in [3.8, 4) is 11.5 Å². The van der Waals surface area contributed by atoms with Gasteiger partial charge >= 0.3 is 0 Å². The van der Waals surface area contributed by atoms with Crippen molar-refractivity contribution in [1.82, 2.24) is 4.98 Å². The Labute approximate surface area is 124 Å². The molecule has 1 aromatic carbocycles. The molecule has 3 N–H and O–H groups in total. The molecule has 21 heavy (non-hydrogen) atoms. The first kappa shape index (κ1) is 13.9. The number of hydrogen-bond acceptors (Lipinski definition) is 5. The lowest BCUT2D eigenvalue weighted by Gasteiger charge is -2.23. The quantitative estimate of drug-likeness (QED) is 0.884. The van der Waals surface area contributed by atoms with Gasteiger partial charge in [-0.2, -0.15) is 0 Å². The first-order chi connectivity index (χ1) is 10.3. The fraction of sp³-hybridized carbons (Fsp3) is 0.438. The first-order valence-electron chi connectivity index (χ1n) is 7.43. The van der Waals surface area contributed by atoms with Crippen LogP contribution in [0.3, 0.4) is 0 Å². The van der Waals surface area contributed by atoms with E-state index in [1.165, 1.54) is 0 Å². The summed E-state index contributed by atoms with van der Waals surface area (Å²) in [6, 6.07) is 6.26. The molecule has 2 heterocycles. The van der Waals surface area contributed by atoms with E-state index < -0.39 is 0 Å². The van der Waals surface area contributed by atoms with Gasteiger partial charge in [0.1, 0.15) is 13.2 Å². The molecule has 112 valence electrons. The molecule has 0 aliphatic carbocycles. The number of benzene rings is 1. The van der Waals surface area contributed by atoms with E-state index in [4.69, 9.17) is 15.2 Å². The van der Waals surface area contributed by atoms with Crippen molar-refractivity contribution in [3.05, 3.63) is 24.4 Å². The predicted octanol–water partition coefficient (Wildman–Crippen LogP) is 2.55. The third kappa shape index (κ3) is 2.88. The van der Waals surface area contributed by atoms with Crippen molar-refractivity contribution in [2.45, 2.75) is 25.8 Å². The molecule has 1 atom stereocenters. The van der Waals surface area contributed by atoms with Gasteiger partial charge in [-0.3, -0.25) is 4.98 Å².